The predicted octanol–water partition coefficient (Wildman–Crippen LogP) is 2.39. The lowest BCUT2D eigenvalue weighted by Crippen LogP contribution is -2.24. The summed E-state index contributed by atoms with van der Waals surface area (Å²) in [5.74, 6) is 0.977. The Morgan fingerprint density at radius 2 is 2.27 bits per heavy atom. The largest absolute Gasteiger partial charge is 0.497 e. The number of carbonyl (C=O) groups is 1. The number of thioether (sulfide) groups is 1. The van der Waals surface area contributed by atoms with Gasteiger partial charge in [-0.2, -0.15) is 0 Å². The van der Waals surface area contributed by atoms with Crippen LogP contribution in [0.25, 0.3) is 0 Å². The van der Waals surface area contributed by atoms with Crippen LogP contribution >= 0.6 is 23.1 Å². The molecule has 26 heavy (non-hydrogen) atoms. The summed E-state index contributed by atoms with van der Waals surface area (Å²) >= 11 is 3.05. The van der Waals surface area contributed by atoms with Crippen molar-refractivity contribution in [3.63, 3.8) is 0 Å². The van der Waals surface area contributed by atoms with Crippen LogP contribution < -0.4 is 10.1 Å². The molecule has 1 N–H and O–H groups in total. The van der Waals surface area contributed by atoms with Crippen molar-refractivity contribution in [2.45, 2.75) is 24.7 Å². The maximum absolute atomic E-state index is 12.1. The van der Waals surface area contributed by atoms with Gasteiger partial charge in [0.1, 0.15) is 5.75 Å². The van der Waals surface area contributed by atoms with E-state index in [0.29, 0.717) is 18.2 Å². The summed E-state index contributed by atoms with van der Waals surface area (Å²) < 4.78 is 6.92. The fourth-order valence-corrected chi connectivity index (χ4v) is 3.71. The van der Waals surface area contributed by atoms with Crippen molar-refractivity contribution in [2.75, 3.05) is 12.9 Å². The molecule has 3 aromatic rings. The number of thiophene rings is 1. The highest BCUT2D eigenvalue weighted by atomic mass is 32.2. The Labute approximate surface area is 159 Å². The van der Waals surface area contributed by atoms with Crippen molar-refractivity contribution in [2.24, 2.45) is 0 Å². The lowest BCUT2D eigenvalue weighted by atomic mass is 10.2. The molecule has 0 spiro atoms. The number of hydrogen-bond acceptors (Lipinski definition) is 7. The van der Waals surface area contributed by atoms with Crippen molar-refractivity contribution < 1.29 is 9.53 Å². The van der Waals surface area contributed by atoms with Gasteiger partial charge in [-0.3, -0.25) is 4.79 Å². The van der Waals surface area contributed by atoms with E-state index >= 15 is 0 Å². The summed E-state index contributed by atoms with van der Waals surface area (Å²) in [5.41, 5.74) is 0.989. The molecule has 0 atom stereocenters. The van der Waals surface area contributed by atoms with Crippen LogP contribution in [0.5, 0.6) is 5.75 Å². The second-order valence-electron chi connectivity index (χ2n) is 5.43. The zero-order valence-corrected chi connectivity index (χ0v) is 15.9. The average molecular weight is 390 g/mol. The van der Waals surface area contributed by atoms with Crippen molar-refractivity contribution in [1.82, 2.24) is 25.5 Å². The van der Waals surface area contributed by atoms with E-state index in [0.717, 1.165) is 17.7 Å². The number of benzene rings is 1. The Morgan fingerprint density at radius 3 is 3.08 bits per heavy atom. The third-order valence-electron chi connectivity index (χ3n) is 3.61. The second kappa shape index (κ2) is 9.35. The topological polar surface area (TPSA) is 81.9 Å². The summed E-state index contributed by atoms with van der Waals surface area (Å²) in [6.45, 7) is 1.15. The molecule has 0 bridgehead atoms. The van der Waals surface area contributed by atoms with Crippen LogP contribution in [-0.4, -0.2) is 39.0 Å². The van der Waals surface area contributed by atoms with Crippen LogP contribution in [0.2, 0.25) is 0 Å². The molecular formula is C17H19N5O2S2. The van der Waals surface area contributed by atoms with Crippen LogP contribution in [-0.2, 0) is 24.3 Å². The maximum atomic E-state index is 12.1. The maximum Gasteiger partial charge on any atom is 0.230 e. The molecule has 7 nitrogen and oxygen atoms in total. The van der Waals surface area contributed by atoms with Crippen molar-refractivity contribution in [3.8, 4) is 5.75 Å². The molecule has 0 aliphatic carbocycles. The van der Waals surface area contributed by atoms with Crippen LogP contribution in [0.3, 0.4) is 0 Å². The van der Waals surface area contributed by atoms with Gasteiger partial charge in [0.15, 0.2) is 0 Å². The first-order valence-corrected chi connectivity index (χ1v) is 9.92. The van der Waals surface area contributed by atoms with Gasteiger partial charge >= 0.3 is 0 Å². The first-order valence-electron chi connectivity index (χ1n) is 8.05. The third kappa shape index (κ3) is 5.30. The molecule has 1 amide bonds. The smallest absolute Gasteiger partial charge is 0.230 e. The number of ether oxygens (including phenoxy) is 1. The summed E-state index contributed by atoms with van der Waals surface area (Å²) in [7, 11) is 1.62. The van der Waals surface area contributed by atoms with E-state index in [1.165, 1.54) is 16.6 Å². The molecule has 2 aromatic heterocycles. The van der Waals surface area contributed by atoms with E-state index < -0.39 is 0 Å². The fourth-order valence-electron chi connectivity index (χ4n) is 2.28. The number of methoxy groups -OCH3 is 1. The molecule has 1 aromatic carbocycles. The van der Waals surface area contributed by atoms with Crippen LogP contribution in [0, 0.1) is 0 Å². The van der Waals surface area contributed by atoms with E-state index in [4.69, 9.17) is 4.74 Å². The Kier molecular flexibility index (Phi) is 6.62. The Balaban J connectivity index is 1.45. The summed E-state index contributed by atoms with van der Waals surface area (Å²) in [5, 5.41) is 17.3. The first-order chi connectivity index (χ1) is 12.7. The second-order valence-corrected chi connectivity index (χ2v) is 7.41. The van der Waals surface area contributed by atoms with Gasteiger partial charge in [-0.1, -0.05) is 30.0 Å². The average Bonchev–Trinajstić information content (AvgIpc) is 3.34. The van der Waals surface area contributed by atoms with E-state index in [1.807, 2.05) is 30.3 Å². The number of nitrogens with one attached hydrogen (secondary N) is 1. The number of aromatic nitrogens is 4. The minimum absolute atomic E-state index is 0.0642. The zero-order chi connectivity index (χ0) is 18.2. The molecule has 0 saturated heterocycles. The van der Waals surface area contributed by atoms with Gasteiger partial charge in [-0.15, -0.1) is 16.4 Å². The van der Waals surface area contributed by atoms with Gasteiger partial charge in [0, 0.05) is 17.8 Å². The molecule has 9 heteroatoms. The lowest BCUT2D eigenvalue weighted by Gasteiger charge is -2.07. The minimum atomic E-state index is -0.0642. The fraction of sp³-hybridized carbons (Fsp3) is 0.294. The normalized spacial score (nSPS) is 10.7. The van der Waals surface area contributed by atoms with Gasteiger partial charge < -0.3 is 10.1 Å². The van der Waals surface area contributed by atoms with Crippen LogP contribution in [0.1, 0.15) is 10.4 Å². The molecule has 0 aliphatic rings. The molecule has 0 saturated carbocycles. The van der Waals surface area contributed by atoms with E-state index in [2.05, 4.69) is 32.3 Å². The quantitative estimate of drug-likeness (QED) is 0.566. The molecule has 0 aliphatic heterocycles. The number of tetrazole rings is 1. The third-order valence-corrected chi connectivity index (χ3v) is 5.50. The Bertz CT molecular complexity index is 835. The lowest BCUT2D eigenvalue weighted by molar-refractivity contribution is -0.118. The zero-order valence-electron chi connectivity index (χ0n) is 14.3. The van der Waals surface area contributed by atoms with Crippen LogP contribution in [0.15, 0.2) is 46.9 Å². The Hall–Kier alpha value is -2.39. The standard InChI is InChI=1S/C17H19N5O2S2/c1-24-14-5-2-4-13(10-14)11-18-16(23)12-26-17-19-20-21-22(17)8-7-15-6-3-9-25-15/h2-6,9-10H,7-8,11-12H2,1H3,(H,18,23). The summed E-state index contributed by atoms with van der Waals surface area (Å²) in [6.07, 6.45) is 0.873. The van der Waals surface area contributed by atoms with Gasteiger partial charge in [-0.05, 0) is 39.6 Å². The SMILES string of the molecule is COc1cccc(CNC(=O)CSc2nnnn2CCc2cccs2)c1. The first kappa shape index (κ1) is 18.4. The predicted molar refractivity (Wildman–Crippen MR) is 101 cm³/mol. The number of amides is 1. The summed E-state index contributed by atoms with van der Waals surface area (Å²) in [4.78, 5) is 13.4. The summed E-state index contributed by atoms with van der Waals surface area (Å²) in [6, 6.07) is 11.7. The van der Waals surface area contributed by atoms with Gasteiger partial charge in [0.25, 0.3) is 0 Å². The molecule has 3 rings (SSSR count). The molecule has 0 fully saturated rings. The molecule has 2 heterocycles. The molecule has 0 radical (unpaired) electrons. The highest BCUT2D eigenvalue weighted by Gasteiger charge is 2.10. The monoisotopic (exact) mass is 389 g/mol. The van der Waals surface area contributed by atoms with E-state index in [1.54, 1.807) is 23.1 Å². The molecular weight excluding hydrogens is 370 g/mol. The van der Waals surface area contributed by atoms with E-state index in [9.17, 15) is 4.79 Å². The molecule has 136 valence electrons. The number of nitrogens with zero attached hydrogens (tertiary/aromatic N) is 4. The van der Waals surface area contributed by atoms with Crippen molar-refractivity contribution in [1.29, 1.82) is 0 Å². The highest BCUT2D eigenvalue weighted by Crippen LogP contribution is 2.16. The van der Waals surface area contributed by atoms with E-state index in [-0.39, 0.29) is 11.7 Å². The highest BCUT2D eigenvalue weighted by molar-refractivity contribution is 7.99. The number of hydrogen-bond donors (Lipinski definition) is 1. The molecule has 0 unspecified atom stereocenters. The van der Waals surface area contributed by atoms with Gasteiger partial charge in [0.2, 0.25) is 11.1 Å². The number of aryl methyl sites for hydroxylation is 2. The minimum Gasteiger partial charge on any atom is -0.497 e. The van der Waals surface area contributed by atoms with Gasteiger partial charge in [0.05, 0.1) is 19.4 Å². The van der Waals surface area contributed by atoms with Crippen molar-refractivity contribution in [3.05, 3.63) is 52.2 Å². The van der Waals surface area contributed by atoms with Gasteiger partial charge in [-0.25, -0.2) is 4.68 Å². The number of rotatable bonds is 9. The Morgan fingerprint density at radius 1 is 1.35 bits per heavy atom. The number of carbonyl (C=O) groups excluding carboxylic acids is 1. The van der Waals surface area contributed by atoms with Crippen molar-refractivity contribution >= 4 is 29.0 Å². The van der Waals surface area contributed by atoms with Crippen LogP contribution in [0.4, 0.5) is 0 Å².